The first-order valence-corrected chi connectivity index (χ1v) is 5.56. The molecule has 0 aliphatic heterocycles. The largest absolute Gasteiger partial charge is 0.397 e. The number of benzene rings is 1. The molecule has 5 heteroatoms. The van der Waals surface area contributed by atoms with Crippen molar-refractivity contribution in [3.05, 3.63) is 18.2 Å². The molecule has 1 atom stereocenters. The topological polar surface area (TPSA) is 87.5 Å². The second-order valence-electron chi connectivity index (χ2n) is 4.93. The molecule has 0 aromatic heterocycles. The van der Waals surface area contributed by atoms with Crippen molar-refractivity contribution in [3.63, 3.8) is 0 Å². The number of rotatable bonds is 5. The summed E-state index contributed by atoms with van der Waals surface area (Å²) >= 11 is 0. The molecular weight excluding hydrogens is 216 g/mol. The Morgan fingerprint density at radius 2 is 1.94 bits per heavy atom. The summed E-state index contributed by atoms with van der Waals surface area (Å²) in [6.45, 7) is 2.83. The number of nitrogens with one attached hydrogen (secondary N) is 1. The molecule has 0 saturated carbocycles. The number of hydrogen-bond donors (Lipinski definition) is 4. The van der Waals surface area contributed by atoms with Crippen LogP contribution in [-0.2, 0) is 0 Å². The minimum absolute atomic E-state index is 0.453. The first-order chi connectivity index (χ1) is 7.80. The van der Waals surface area contributed by atoms with Crippen LogP contribution in [0.3, 0.4) is 0 Å². The van der Waals surface area contributed by atoms with E-state index in [9.17, 15) is 5.11 Å². The zero-order chi connectivity index (χ0) is 13.1. The monoisotopic (exact) mass is 238 g/mol. The van der Waals surface area contributed by atoms with Crippen LogP contribution in [0.2, 0.25) is 0 Å². The van der Waals surface area contributed by atoms with Crippen LogP contribution in [0.4, 0.5) is 17.1 Å². The lowest BCUT2D eigenvalue weighted by Gasteiger charge is -2.27. The van der Waals surface area contributed by atoms with Crippen LogP contribution >= 0.6 is 0 Å². The zero-order valence-electron chi connectivity index (χ0n) is 10.7. The van der Waals surface area contributed by atoms with Crippen molar-refractivity contribution >= 4 is 17.1 Å². The molecule has 0 aliphatic carbocycles. The van der Waals surface area contributed by atoms with Crippen molar-refractivity contribution < 1.29 is 5.11 Å². The number of nitrogen functional groups attached to an aromatic ring is 2. The van der Waals surface area contributed by atoms with E-state index in [0.717, 1.165) is 5.69 Å². The molecule has 96 valence electrons. The van der Waals surface area contributed by atoms with Gasteiger partial charge in [0.15, 0.2) is 0 Å². The average molecular weight is 238 g/mol. The summed E-state index contributed by atoms with van der Waals surface area (Å²) in [5.74, 6) is 0. The molecule has 1 unspecified atom stereocenters. The maximum Gasteiger partial charge on any atom is 0.0917 e. The summed E-state index contributed by atoms with van der Waals surface area (Å²) in [6.07, 6.45) is 0. The Balaban J connectivity index is 2.58. The van der Waals surface area contributed by atoms with Crippen molar-refractivity contribution in [2.75, 3.05) is 44.0 Å². The average Bonchev–Trinajstić information content (AvgIpc) is 2.18. The minimum atomic E-state index is -0.792. The predicted octanol–water partition coefficient (Wildman–Crippen LogP) is 0.575. The van der Waals surface area contributed by atoms with Gasteiger partial charge in [-0.2, -0.15) is 0 Å². The first-order valence-electron chi connectivity index (χ1n) is 5.56. The van der Waals surface area contributed by atoms with Crippen LogP contribution in [0.25, 0.3) is 0 Å². The molecule has 6 N–H and O–H groups in total. The van der Waals surface area contributed by atoms with Gasteiger partial charge in [0.25, 0.3) is 0 Å². The SMILES string of the molecule is CN(C)CC(C)(O)CNc1ccc(N)c(N)c1. The van der Waals surface area contributed by atoms with E-state index in [4.69, 9.17) is 11.5 Å². The molecule has 0 amide bonds. The van der Waals surface area contributed by atoms with Gasteiger partial charge in [0.2, 0.25) is 0 Å². The van der Waals surface area contributed by atoms with Crippen LogP contribution in [0.1, 0.15) is 6.92 Å². The molecule has 0 heterocycles. The third kappa shape index (κ3) is 4.50. The van der Waals surface area contributed by atoms with Gasteiger partial charge in [-0.05, 0) is 39.2 Å². The molecular formula is C12H22N4O. The van der Waals surface area contributed by atoms with E-state index in [1.807, 2.05) is 25.1 Å². The fourth-order valence-electron chi connectivity index (χ4n) is 1.71. The molecule has 5 nitrogen and oxygen atoms in total. The summed E-state index contributed by atoms with van der Waals surface area (Å²) in [5, 5.41) is 13.3. The lowest BCUT2D eigenvalue weighted by molar-refractivity contribution is 0.0460. The van der Waals surface area contributed by atoms with Crippen LogP contribution in [-0.4, -0.2) is 42.8 Å². The fraction of sp³-hybridized carbons (Fsp3) is 0.500. The quantitative estimate of drug-likeness (QED) is 0.564. The zero-order valence-corrected chi connectivity index (χ0v) is 10.7. The van der Waals surface area contributed by atoms with E-state index in [1.165, 1.54) is 0 Å². The summed E-state index contributed by atoms with van der Waals surface area (Å²) in [7, 11) is 3.85. The van der Waals surface area contributed by atoms with Crippen LogP contribution < -0.4 is 16.8 Å². The lowest BCUT2D eigenvalue weighted by atomic mass is 10.1. The third-order valence-electron chi connectivity index (χ3n) is 2.42. The van der Waals surface area contributed by atoms with Crippen molar-refractivity contribution in [2.45, 2.75) is 12.5 Å². The van der Waals surface area contributed by atoms with Gasteiger partial charge in [-0.15, -0.1) is 0 Å². The molecule has 0 saturated heterocycles. The summed E-state index contributed by atoms with van der Waals surface area (Å²) in [4.78, 5) is 1.94. The molecule has 17 heavy (non-hydrogen) atoms. The van der Waals surface area contributed by atoms with Gasteiger partial charge >= 0.3 is 0 Å². The van der Waals surface area contributed by atoms with Gasteiger partial charge in [-0.25, -0.2) is 0 Å². The molecule has 1 aromatic rings. The van der Waals surface area contributed by atoms with Gasteiger partial charge in [0.05, 0.1) is 17.0 Å². The van der Waals surface area contributed by atoms with Crippen molar-refractivity contribution in [2.24, 2.45) is 0 Å². The van der Waals surface area contributed by atoms with Crippen LogP contribution in [0.15, 0.2) is 18.2 Å². The third-order valence-corrected chi connectivity index (χ3v) is 2.42. The van der Waals surface area contributed by atoms with Gasteiger partial charge in [0, 0.05) is 18.8 Å². The van der Waals surface area contributed by atoms with Crippen molar-refractivity contribution in [1.82, 2.24) is 4.90 Å². The highest BCUT2D eigenvalue weighted by Crippen LogP contribution is 2.20. The van der Waals surface area contributed by atoms with E-state index in [0.29, 0.717) is 24.5 Å². The van der Waals surface area contributed by atoms with Crippen LogP contribution in [0.5, 0.6) is 0 Å². The summed E-state index contributed by atoms with van der Waals surface area (Å²) in [5.41, 5.74) is 12.5. The number of hydrogen-bond acceptors (Lipinski definition) is 5. The van der Waals surface area contributed by atoms with E-state index >= 15 is 0 Å². The van der Waals surface area contributed by atoms with E-state index < -0.39 is 5.60 Å². The first kappa shape index (κ1) is 13.6. The smallest absolute Gasteiger partial charge is 0.0917 e. The Labute approximate surface area is 102 Å². The van der Waals surface area contributed by atoms with Gasteiger partial charge in [0.1, 0.15) is 0 Å². The minimum Gasteiger partial charge on any atom is -0.397 e. The fourth-order valence-corrected chi connectivity index (χ4v) is 1.71. The Bertz CT molecular complexity index is 377. The lowest BCUT2D eigenvalue weighted by Crippen LogP contribution is -2.43. The van der Waals surface area contributed by atoms with Gasteiger partial charge < -0.3 is 26.8 Å². The summed E-state index contributed by atoms with van der Waals surface area (Å²) in [6, 6.07) is 5.36. The second-order valence-corrected chi connectivity index (χ2v) is 4.93. The molecule has 1 rings (SSSR count). The second kappa shape index (κ2) is 5.25. The standard InChI is InChI=1S/C12H22N4O/c1-12(17,8-16(2)3)7-15-9-4-5-10(13)11(14)6-9/h4-6,15,17H,7-8,13-14H2,1-3H3. The number of nitrogens with two attached hydrogens (primary N) is 2. The molecule has 0 radical (unpaired) electrons. The number of aliphatic hydroxyl groups is 1. The van der Waals surface area contributed by atoms with E-state index in [-0.39, 0.29) is 0 Å². The molecule has 0 aliphatic rings. The Morgan fingerprint density at radius 3 is 2.47 bits per heavy atom. The number of nitrogens with zero attached hydrogens (tertiary/aromatic N) is 1. The van der Waals surface area contributed by atoms with Gasteiger partial charge in [-0.1, -0.05) is 0 Å². The number of likely N-dealkylation sites (N-methyl/N-ethyl adjacent to an activating group) is 1. The molecule has 0 spiro atoms. The maximum atomic E-state index is 10.1. The Morgan fingerprint density at radius 1 is 1.29 bits per heavy atom. The Hall–Kier alpha value is -1.46. The van der Waals surface area contributed by atoms with Crippen LogP contribution in [0, 0.1) is 0 Å². The highest BCUT2D eigenvalue weighted by Gasteiger charge is 2.20. The van der Waals surface area contributed by atoms with Crippen molar-refractivity contribution in [3.8, 4) is 0 Å². The van der Waals surface area contributed by atoms with Gasteiger partial charge in [-0.3, -0.25) is 0 Å². The molecule has 1 aromatic carbocycles. The maximum absolute atomic E-state index is 10.1. The summed E-state index contributed by atoms with van der Waals surface area (Å²) < 4.78 is 0. The predicted molar refractivity (Wildman–Crippen MR) is 72.9 cm³/mol. The normalized spacial score (nSPS) is 14.6. The van der Waals surface area contributed by atoms with Crippen molar-refractivity contribution in [1.29, 1.82) is 0 Å². The molecule has 0 bridgehead atoms. The number of anilines is 3. The van der Waals surface area contributed by atoms with E-state index in [2.05, 4.69) is 5.32 Å². The van der Waals surface area contributed by atoms with E-state index in [1.54, 1.807) is 19.1 Å². The molecule has 0 fully saturated rings. The highest BCUT2D eigenvalue weighted by atomic mass is 16.3. The highest BCUT2D eigenvalue weighted by molar-refractivity contribution is 5.69. The Kier molecular flexibility index (Phi) is 4.20.